The summed E-state index contributed by atoms with van der Waals surface area (Å²) in [6, 6.07) is 13.8. The Labute approximate surface area is 152 Å². The SMILES string of the molecule is [2H]c1cc(C)c(C)c(-c2c3ccc(C4CCCCC4)cc3cc[n+]2C)c1. The van der Waals surface area contributed by atoms with Crippen molar-refractivity contribution >= 4 is 10.8 Å². The second-order valence-electron chi connectivity index (χ2n) is 7.63. The maximum Gasteiger partial charge on any atom is 0.220 e. The number of hydrogen-bond donors (Lipinski definition) is 0. The van der Waals surface area contributed by atoms with Crippen molar-refractivity contribution in [2.24, 2.45) is 7.05 Å². The lowest BCUT2D eigenvalue weighted by Gasteiger charge is -2.22. The van der Waals surface area contributed by atoms with Gasteiger partial charge >= 0.3 is 0 Å². The summed E-state index contributed by atoms with van der Waals surface area (Å²) in [5.74, 6) is 0.728. The molecule has 0 saturated heterocycles. The Morgan fingerprint density at radius 3 is 2.60 bits per heavy atom. The molecular formula is C24H28N+. The number of pyridine rings is 1. The molecule has 1 aromatic heterocycles. The molecule has 1 fully saturated rings. The number of rotatable bonds is 2. The van der Waals surface area contributed by atoms with Gasteiger partial charge in [-0.3, -0.25) is 0 Å². The summed E-state index contributed by atoms with van der Waals surface area (Å²) < 4.78 is 10.4. The van der Waals surface area contributed by atoms with E-state index in [0.29, 0.717) is 6.04 Å². The van der Waals surface area contributed by atoms with E-state index in [1.54, 1.807) is 0 Å². The molecule has 1 nitrogen and oxygen atoms in total. The second-order valence-corrected chi connectivity index (χ2v) is 7.63. The minimum atomic E-state index is 0.582. The van der Waals surface area contributed by atoms with Gasteiger partial charge in [-0.1, -0.05) is 43.5 Å². The van der Waals surface area contributed by atoms with E-state index in [1.165, 1.54) is 70.8 Å². The van der Waals surface area contributed by atoms with Crippen molar-refractivity contribution in [1.82, 2.24) is 0 Å². The van der Waals surface area contributed by atoms with Gasteiger partial charge in [0, 0.05) is 11.6 Å². The average Bonchev–Trinajstić information content (AvgIpc) is 2.65. The molecule has 0 aliphatic heterocycles. The molecule has 0 unspecified atom stereocenters. The lowest BCUT2D eigenvalue weighted by molar-refractivity contribution is -0.659. The summed E-state index contributed by atoms with van der Waals surface area (Å²) in [5, 5.41) is 2.59. The van der Waals surface area contributed by atoms with Crippen molar-refractivity contribution < 1.29 is 5.94 Å². The summed E-state index contributed by atoms with van der Waals surface area (Å²) in [7, 11) is 2.11. The number of nitrogens with zero attached hydrogens (tertiary/aromatic N) is 1. The summed E-state index contributed by atoms with van der Waals surface area (Å²) in [4.78, 5) is 0. The topological polar surface area (TPSA) is 3.88 Å². The van der Waals surface area contributed by atoms with Gasteiger partial charge in [-0.05, 0) is 66.8 Å². The molecule has 128 valence electrons. The molecule has 2 aromatic carbocycles. The minimum Gasteiger partial charge on any atom is -0.200 e. The molecule has 0 N–H and O–H groups in total. The first-order valence-corrected chi connectivity index (χ1v) is 9.55. The van der Waals surface area contributed by atoms with Crippen LogP contribution in [0, 0.1) is 13.8 Å². The maximum atomic E-state index is 8.16. The maximum absolute atomic E-state index is 8.16. The number of hydrogen-bond acceptors (Lipinski definition) is 0. The molecule has 25 heavy (non-hydrogen) atoms. The highest BCUT2D eigenvalue weighted by Crippen LogP contribution is 2.35. The van der Waals surface area contributed by atoms with Crippen molar-refractivity contribution in [2.45, 2.75) is 51.9 Å². The third-order valence-corrected chi connectivity index (χ3v) is 6.02. The van der Waals surface area contributed by atoms with E-state index in [2.05, 4.69) is 55.9 Å². The Balaban J connectivity index is 1.89. The van der Waals surface area contributed by atoms with Crippen LogP contribution in [0.5, 0.6) is 0 Å². The van der Waals surface area contributed by atoms with Crippen LogP contribution >= 0.6 is 0 Å². The van der Waals surface area contributed by atoms with Crippen LogP contribution in [0.25, 0.3) is 22.0 Å². The lowest BCUT2D eigenvalue weighted by atomic mass is 9.83. The quantitative estimate of drug-likeness (QED) is 0.507. The molecule has 1 aliphatic carbocycles. The molecule has 0 atom stereocenters. The zero-order valence-electron chi connectivity index (χ0n) is 16.6. The Kier molecular flexibility index (Phi) is 4.01. The van der Waals surface area contributed by atoms with Gasteiger partial charge in [0.1, 0.15) is 7.05 Å². The Bertz CT molecular complexity index is 968. The number of aromatic nitrogens is 1. The van der Waals surface area contributed by atoms with Gasteiger partial charge in [0.05, 0.1) is 6.76 Å². The van der Waals surface area contributed by atoms with Crippen LogP contribution in [0.2, 0.25) is 0 Å². The van der Waals surface area contributed by atoms with E-state index in [-0.39, 0.29) is 0 Å². The first-order chi connectivity index (χ1) is 12.5. The molecule has 1 saturated carbocycles. The molecular weight excluding hydrogens is 302 g/mol. The van der Waals surface area contributed by atoms with Crippen LogP contribution in [0.3, 0.4) is 0 Å². The molecule has 4 rings (SSSR count). The standard InChI is InChI=1S/C24H28N/c1-17-8-7-11-22(18(17)2)24-23-13-12-20(19-9-5-4-6-10-19)16-21(23)14-15-25(24)3/h7-8,11-16,19H,4-6,9-10H2,1-3H3/q+1/i7D. The fourth-order valence-corrected chi connectivity index (χ4v) is 4.34. The molecule has 1 heteroatoms. The predicted molar refractivity (Wildman–Crippen MR) is 106 cm³/mol. The van der Waals surface area contributed by atoms with Gasteiger partial charge in [0.25, 0.3) is 0 Å². The Morgan fingerprint density at radius 1 is 1.00 bits per heavy atom. The van der Waals surface area contributed by atoms with E-state index < -0.39 is 0 Å². The van der Waals surface area contributed by atoms with Crippen LogP contribution in [0.4, 0.5) is 0 Å². The van der Waals surface area contributed by atoms with Gasteiger partial charge in [-0.25, -0.2) is 4.57 Å². The number of aryl methyl sites for hydroxylation is 2. The van der Waals surface area contributed by atoms with E-state index in [1.807, 2.05) is 12.1 Å². The molecule has 1 aliphatic rings. The summed E-state index contributed by atoms with van der Waals surface area (Å²) >= 11 is 0. The average molecular weight is 332 g/mol. The number of fused-ring (bicyclic) bond motifs is 1. The highest BCUT2D eigenvalue weighted by molar-refractivity contribution is 5.94. The second kappa shape index (κ2) is 6.63. The monoisotopic (exact) mass is 331 g/mol. The fourth-order valence-electron chi connectivity index (χ4n) is 4.34. The van der Waals surface area contributed by atoms with Gasteiger partial charge < -0.3 is 0 Å². The van der Waals surface area contributed by atoms with Gasteiger partial charge in [-0.15, -0.1) is 0 Å². The van der Waals surface area contributed by atoms with E-state index in [9.17, 15) is 0 Å². The van der Waals surface area contributed by atoms with Crippen LogP contribution in [-0.4, -0.2) is 0 Å². The molecule has 0 spiro atoms. The minimum absolute atomic E-state index is 0.582. The van der Waals surface area contributed by atoms with E-state index >= 15 is 0 Å². The van der Waals surface area contributed by atoms with Crippen molar-refractivity contribution in [1.29, 1.82) is 0 Å². The third-order valence-electron chi connectivity index (χ3n) is 6.02. The zero-order chi connectivity index (χ0) is 18.3. The van der Waals surface area contributed by atoms with Crippen LogP contribution < -0.4 is 4.57 Å². The first-order valence-electron chi connectivity index (χ1n) is 10.0. The van der Waals surface area contributed by atoms with Crippen molar-refractivity contribution in [2.75, 3.05) is 0 Å². The van der Waals surface area contributed by atoms with Crippen LogP contribution in [-0.2, 0) is 7.05 Å². The van der Waals surface area contributed by atoms with E-state index in [0.717, 1.165) is 5.92 Å². The number of benzene rings is 2. The van der Waals surface area contributed by atoms with Gasteiger partial charge in [-0.2, -0.15) is 0 Å². The Morgan fingerprint density at radius 2 is 1.80 bits per heavy atom. The van der Waals surface area contributed by atoms with Crippen molar-refractivity contribution in [3.8, 4) is 11.3 Å². The van der Waals surface area contributed by atoms with E-state index in [4.69, 9.17) is 1.37 Å². The normalized spacial score (nSPS) is 16.2. The highest BCUT2D eigenvalue weighted by Gasteiger charge is 2.20. The summed E-state index contributed by atoms with van der Waals surface area (Å²) in [6.45, 7) is 4.27. The molecule has 0 bridgehead atoms. The third kappa shape index (κ3) is 2.97. The van der Waals surface area contributed by atoms with Crippen molar-refractivity contribution in [3.05, 3.63) is 65.3 Å². The molecule has 1 heterocycles. The predicted octanol–water partition coefficient (Wildman–Crippen LogP) is 6.00. The largest absolute Gasteiger partial charge is 0.220 e. The molecule has 0 radical (unpaired) electrons. The Hall–Kier alpha value is -2.15. The smallest absolute Gasteiger partial charge is 0.200 e. The summed E-state index contributed by atoms with van der Waals surface area (Å²) in [5.41, 5.74) is 6.34. The first kappa shape index (κ1) is 15.1. The van der Waals surface area contributed by atoms with Crippen molar-refractivity contribution in [3.63, 3.8) is 0 Å². The lowest BCUT2D eigenvalue weighted by Crippen LogP contribution is -2.30. The van der Waals surface area contributed by atoms with Gasteiger partial charge in [0.15, 0.2) is 6.20 Å². The van der Waals surface area contributed by atoms with Crippen LogP contribution in [0.1, 0.15) is 56.1 Å². The van der Waals surface area contributed by atoms with Gasteiger partial charge in [0.2, 0.25) is 5.69 Å². The summed E-state index contributed by atoms with van der Waals surface area (Å²) in [6.07, 6.45) is 8.95. The molecule has 0 amide bonds. The highest BCUT2D eigenvalue weighted by atomic mass is 14.9. The molecule has 3 aromatic rings. The van der Waals surface area contributed by atoms with Crippen LogP contribution in [0.15, 0.2) is 48.6 Å². The zero-order valence-corrected chi connectivity index (χ0v) is 15.6. The fraction of sp³-hybridized carbons (Fsp3) is 0.375.